The molecule has 1 N–H and O–H groups in total. The van der Waals surface area contributed by atoms with Crippen molar-refractivity contribution in [2.45, 2.75) is 52.2 Å². The number of aryl methyl sites for hydroxylation is 1. The molecule has 2 rings (SSSR count). The largest absolute Gasteiger partial charge is 0.314 e. The van der Waals surface area contributed by atoms with Gasteiger partial charge in [0.2, 0.25) is 0 Å². The van der Waals surface area contributed by atoms with Crippen molar-refractivity contribution in [3.05, 3.63) is 21.9 Å². The fourth-order valence-electron chi connectivity index (χ4n) is 2.68. The average Bonchev–Trinajstić information content (AvgIpc) is 2.69. The minimum atomic E-state index is 0.703. The summed E-state index contributed by atoms with van der Waals surface area (Å²) in [5, 5.41) is 5.79. The van der Waals surface area contributed by atoms with Gasteiger partial charge in [-0.3, -0.25) is 4.90 Å². The topological polar surface area (TPSA) is 15.3 Å². The lowest BCUT2D eigenvalue weighted by atomic mass is 9.98. The monoisotopic (exact) mass is 252 g/mol. The Hall–Kier alpha value is -0.380. The number of likely N-dealkylation sites (tertiary alicyclic amines) is 1. The van der Waals surface area contributed by atoms with E-state index in [0.717, 1.165) is 19.1 Å². The Morgan fingerprint density at radius 3 is 2.94 bits per heavy atom. The Balaban J connectivity index is 1.89. The van der Waals surface area contributed by atoms with Crippen molar-refractivity contribution < 1.29 is 0 Å². The van der Waals surface area contributed by atoms with Crippen molar-refractivity contribution >= 4 is 11.3 Å². The Morgan fingerprint density at radius 2 is 2.35 bits per heavy atom. The summed E-state index contributed by atoms with van der Waals surface area (Å²) in [5.74, 6) is 0. The first kappa shape index (κ1) is 13.1. The fraction of sp³-hybridized carbons (Fsp3) is 0.714. The number of piperidine rings is 1. The zero-order chi connectivity index (χ0) is 12.3. The highest BCUT2D eigenvalue weighted by atomic mass is 32.1. The van der Waals surface area contributed by atoms with Gasteiger partial charge in [-0.25, -0.2) is 0 Å². The minimum Gasteiger partial charge on any atom is -0.314 e. The number of thiophene rings is 1. The molecule has 96 valence electrons. The predicted octanol–water partition coefficient (Wildman–Crippen LogP) is 3.02. The summed E-state index contributed by atoms with van der Waals surface area (Å²) in [6.07, 6.45) is 2.58. The van der Waals surface area contributed by atoms with Crippen molar-refractivity contribution in [1.29, 1.82) is 0 Å². The molecule has 17 heavy (non-hydrogen) atoms. The molecule has 1 aliphatic heterocycles. The van der Waals surface area contributed by atoms with Crippen LogP contribution in [0.1, 0.15) is 37.1 Å². The molecule has 0 bridgehead atoms. The fourth-order valence-corrected chi connectivity index (χ4v) is 3.61. The van der Waals surface area contributed by atoms with Crippen LogP contribution in [0.2, 0.25) is 0 Å². The summed E-state index contributed by atoms with van der Waals surface area (Å²) >= 11 is 1.90. The molecule has 1 aromatic heterocycles. The second-order valence-electron chi connectivity index (χ2n) is 5.13. The lowest BCUT2D eigenvalue weighted by molar-refractivity contribution is 0.130. The van der Waals surface area contributed by atoms with Gasteiger partial charge in [0.15, 0.2) is 0 Å². The third kappa shape index (κ3) is 3.30. The second-order valence-corrected chi connectivity index (χ2v) is 6.13. The van der Waals surface area contributed by atoms with Gasteiger partial charge in [0, 0.05) is 30.1 Å². The van der Waals surface area contributed by atoms with Crippen molar-refractivity contribution in [2.75, 3.05) is 13.1 Å². The summed E-state index contributed by atoms with van der Waals surface area (Å²) in [6.45, 7) is 10.3. The summed E-state index contributed by atoms with van der Waals surface area (Å²) in [5.41, 5.74) is 1.45. The third-order valence-electron chi connectivity index (χ3n) is 3.82. The van der Waals surface area contributed by atoms with E-state index in [-0.39, 0.29) is 0 Å². The summed E-state index contributed by atoms with van der Waals surface area (Å²) in [7, 11) is 0. The highest BCUT2D eigenvalue weighted by molar-refractivity contribution is 7.10. The van der Waals surface area contributed by atoms with Crippen LogP contribution in [0, 0.1) is 6.92 Å². The first-order valence-corrected chi connectivity index (χ1v) is 7.59. The molecule has 2 unspecified atom stereocenters. The van der Waals surface area contributed by atoms with Gasteiger partial charge in [-0.05, 0) is 50.2 Å². The molecule has 0 saturated carbocycles. The molecule has 3 heteroatoms. The van der Waals surface area contributed by atoms with Gasteiger partial charge in [-0.2, -0.15) is 0 Å². The smallest absolute Gasteiger partial charge is 0.0333 e. The standard InChI is InChI=1S/C14H24N2S/c1-4-15-13-5-7-16(12(3)9-13)10-14-11(2)6-8-17-14/h6,8,12-13,15H,4-5,7,9-10H2,1-3H3. The van der Waals surface area contributed by atoms with Crippen LogP contribution in [-0.2, 0) is 6.54 Å². The average molecular weight is 252 g/mol. The van der Waals surface area contributed by atoms with E-state index in [1.807, 2.05) is 11.3 Å². The number of rotatable bonds is 4. The van der Waals surface area contributed by atoms with Crippen LogP contribution < -0.4 is 5.32 Å². The Morgan fingerprint density at radius 1 is 1.53 bits per heavy atom. The zero-order valence-electron chi connectivity index (χ0n) is 11.2. The highest BCUT2D eigenvalue weighted by Crippen LogP contribution is 2.23. The highest BCUT2D eigenvalue weighted by Gasteiger charge is 2.25. The van der Waals surface area contributed by atoms with Crippen LogP contribution in [0.4, 0.5) is 0 Å². The molecule has 0 aromatic carbocycles. The molecule has 0 spiro atoms. The van der Waals surface area contributed by atoms with Crippen molar-refractivity contribution in [2.24, 2.45) is 0 Å². The molecule has 0 radical (unpaired) electrons. The second kappa shape index (κ2) is 5.98. The molecule has 1 fully saturated rings. The summed E-state index contributed by atoms with van der Waals surface area (Å²) in [4.78, 5) is 4.17. The summed E-state index contributed by atoms with van der Waals surface area (Å²) in [6, 6.07) is 3.67. The van der Waals surface area contributed by atoms with Gasteiger partial charge in [-0.15, -0.1) is 11.3 Å². The first-order chi connectivity index (χ1) is 8.20. The van der Waals surface area contributed by atoms with Gasteiger partial charge in [0.1, 0.15) is 0 Å². The molecular formula is C14H24N2S. The maximum absolute atomic E-state index is 3.58. The van der Waals surface area contributed by atoms with Gasteiger partial charge in [-0.1, -0.05) is 6.92 Å². The number of nitrogens with one attached hydrogen (secondary N) is 1. The van der Waals surface area contributed by atoms with E-state index in [0.29, 0.717) is 6.04 Å². The maximum atomic E-state index is 3.58. The number of nitrogens with zero attached hydrogens (tertiary/aromatic N) is 1. The third-order valence-corrected chi connectivity index (χ3v) is 4.83. The zero-order valence-corrected chi connectivity index (χ0v) is 12.0. The number of hydrogen-bond acceptors (Lipinski definition) is 3. The summed E-state index contributed by atoms with van der Waals surface area (Å²) < 4.78 is 0. The van der Waals surface area contributed by atoms with Crippen LogP contribution in [0.15, 0.2) is 11.4 Å². The van der Waals surface area contributed by atoms with Crippen molar-refractivity contribution in [3.8, 4) is 0 Å². The molecule has 2 nitrogen and oxygen atoms in total. The van der Waals surface area contributed by atoms with E-state index in [1.165, 1.54) is 24.9 Å². The van der Waals surface area contributed by atoms with E-state index in [1.54, 1.807) is 4.88 Å². The Labute approximate surface area is 109 Å². The normalized spacial score (nSPS) is 26.3. The molecule has 0 aliphatic carbocycles. The van der Waals surface area contributed by atoms with E-state index < -0.39 is 0 Å². The Bertz CT molecular complexity index is 348. The van der Waals surface area contributed by atoms with Crippen molar-refractivity contribution in [1.82, 2.24) is 10.2 Å². The SMILES string of the molecule is CCNC1CCN(Cc2sccc2C)C(C)C1. The first-order valence-electron chi connectivity index (χ1n) is 6.71. The van der Waals surface area contributed by atoms with Gasteiger partial charge < -0.3 is 5.32 Å². The van der Waals surface area contributed by atoms with Gasteiger partial charge in [0.25, 0.3) is 0 Å². The lowest BCUT2D eigenvalue weighted by Gasteiger charge is -2.37. The minimum absolute atomic E-state index is 0.703. The van der Waals surface area contributed by atoms with Crippen LogP contribution in [0.5, 0.6) is 0 Å². The van der Waals surface area contributed by atoms with Crippen LogP contribution in [0.25, 0.3) is 0 Å². The number of hydrogen-bond donors (Lipinski definition) is 1. The predicted molar refractivity (Wildman–Crippen MR) is 75.6 cm³/mol. The van der Waals surface area contributed by atoms with E-state index in [4.69, 9.17) is 0 Å². The van der Waals surface area contributed by atoms with Gasteiger partial charge in [0.05, 0.1) is 0 Å². The molecule has 1 aliphatic rings. The quantitative estimate of drug-likeness (QED) is 0.886. The molecule has 2 heterocycles. The van der Waals surface area contributed by atoms with E-state index in [9.17, 15) is 0 Å². The molecule has 1 aromatic rings. The van der Waals surface area contributed by atoms with Gasteiger partial charge >= 0.3 is 0 Å². The molecule has 1 saturated heterocycles. The van der Waals surface area contributed by atoms with E-state index in [2.05, 4.69) is 42.4 Å². The lowest BCUT2D eigenvalue weighted by Crippen LogP contribution is -2.46. The van der Waals surface area contributed by atoms with Crippen LogP contribution >= 0.6 is 11.3 Å². The molecule has 2 atom stereocenters. The maximum Gasteiger partial charge on any atom is 0.0333 e. The molecule has 0 amide bonds. The van der Waals surface area contributed by atoms with Crippen LogP contribution in [-0.4, -0.2) is 30.1 Å². The molecular weight excluding hydrogens is 228 g/mol. The van der Waals surface area contributed by atoms with Crippen molar-refractivity contribution in [3.63, 3.8) is 0 Å². The van der Waals surface area contributed by atoms with Crippen LogP contribution in [0.3, 0.4) is 0 Å². The Kier molecular flexibility index (Phi) is 4.60. The van der Waals surface area contributed by atoms with E-state index >= 15 is 0 Å².